The molecule has 1 heterocycles. The number of nitrogens with two attached hydrogens (primary N) is 1. The Kier molecular flexibility index (Phi) is 5.09. The number of hydrogen-bond donors (Lipinski definition) is 4. The lowest BCUT2D eigenvalue weighted by atomic mass is 10.0. The number of aromatic nitrogens is 1. The van der Waals surface area contributed by atoms with Gasteiger partial charge in [-0.05, 0) is 55.2 Å². The third kappa shape index (κ3) is 3.35. The summed E-state index contributed by atoms with van der Waals surface area (Å²) in [5.41, 5.74) is 9.10. The maximum absolute atomic E-state index is 12.3. The Morgan fingerprint density at radius 2 is 1.77 bits per heavy atom. The van der Waals surface area contributed by atoms with E-state index in [0.29, 0.717) is 32.5 Å². The highest BCUT2D eigenvalue weighted by molar-refractivity contribution is 7.80. The highest BCUT2D eigenvalue weighted by Crippen LogP contribution is 2.31. The van der Waals surface area contributed by atoms with Crippen LogP contribution in [0.4, 0.5) is 17.1 Å². The van der Waals surface area contributed by atoms with E-state index in [-0.39, 0.29) is 10.7 Å². The van der Waals surface area contributed by atoms with Crippen LogP contribution in [0.15, 0.2) is 35.1 Å². The van der Waals surface area contributed by atoms with Gasteiger partial charge in [0.1, 0.15) is 0 Å². The van der Waals surface area contributed by atoms with E-state index in [1.165, 1.54) is 0 Å². The first-order valence-electron chi connectivity index (χ1n) is 7.73. The zero-order valence-corrected chi connectivity index (χ0v) is 16.4. The molecule has 5 N–H and O–H groups in total. The molecule has 0 amide bonds. The molecular weight excluding hydrogens is 391 g/mol. The zero-order valence-electron chi connectivity index (χ0n) is 14.0. The van der Waals surface area contributed by atoms with Crippen molar-refractivity contribution in [2.75, 3.05) is 16.4 Å². The van der Waals surface area contributed by atoms with E-state index in [2.05, 4.69) is 15.6 Å². The van der Waals surface area contributed by atoms with Crippen molar-refractivity contribution in [1.82, 2.24) is 4.98 Å². The van der Waals surface area contributed by atoms with Crippen LogP contribution in [-0.2, 0) is 0 Å². The van der Waals surface area contributed by atoms with Crippen molar-refractivity contribution in [3.8, 4) is 0 Å². The van der Waals surface area contributed by atoms with Crippen molar-refractivity contribution >= 4 is 68.4 Å². The van der Waals surface area contributed by atoms with Crippen molar-refractivity contribution < 1.29 is 0 Å². The van der Waals surface area contributed by atoms with Crippen LogP contribution in [0.25, 0.3) is 10.8 Å². The van der Waals surface area contributed by atoms with Gasteiger partial charge in [0.15, 0.2) is 5.11 Å². The van der Waals surface area contributed by atoms with Gasteiger partial charge in [0, 0.05) is 5.69 Å². The molecule has 0 aliphatic heterocycles. The van der Waals surface area contributed by atoms with Crippen molar-refractivity contribution in [3.05, 3.63) is 62.0 Å². The van der Waals surface area contributed by atoms with Crippen molar-refractivity contribution in [1.29, 1.82) is 0 Å². The Balaban J connectivity index is 1.96. The minimum atomic E-state index is -0.239. The summed E-state index contributed by atoms with van der Waals surface area (Å²) >= 11 is 17.6. The lowest BCUT2D eigenvalue weighted by molar-refractivity contribution is 1.13. The van der Waals surface area contributed by atoms with Crippen molar-refractivity contribution in [3.63, 3.8) is 0 Å². The van der Waals surface area contributed by atoms with E-state index >= 15 is 0 Å². The van der Waals surface area contributed by atoms with E-state index in [1.807, 2.05) is 19.9 Å². The minimum absolute atomic E-state index is 0.239. The van der Waals surface area contributed by atoms with Gasteiger partial charge < -0.3 is 21.4 Å². The molecule has 0 unspecified atom stereocenters. The molecule has 26 heavy (non-hydrogen) atoms. The van der Waals surface area contributed by atoms with Crippen LogP contribution in [0.5, 0.6) is 0 Å². The van der Waals surface area contributed by atoms with Gasteiger partial charge in [-0.15, -0.1) is 0 Å². The number of hydrogen-bond acceptors (Lipinski definition) is 3. The Morgan fingerprint density at radius 1 is 1.12 bits per heavy atom. The molecule has 0 spiro atoms. The molecule has 0 saturated carbocycles. The third-order valence-corrected chi connectivity index (χ3v) is 5.02. The van der Waals surface area contributed by atoms with Crippen LogP contribution >= 0.6 is 35.4 Å². The van der Waals surface area contributed by atoms with E-state index in [9.17, 15) is 4.79 Å². The number of fused-ring (bicyclic) bond motifs is 1. The molecule has 134 valence electrons. The zero-order chi connectivity index (χ0) is 19.0. The van der Waals surface area contributed by atoms with Gasteiger partial charge in [-0.2, -0.15) is 0 Å². The first-order chi connectivity index (χ1) is 12.3. The summed E-state index contributed by atoms with van der Waals surface area (Å²) in [5, 5.41) is 8.32. The van der Waals surface area contributed by atoms with Crippen LogP contribution in [0.3, 0.4) is 0 Å². The fourth-order valence-electron chi connectivity index (χ4n) is 2.70. The van der Waals surface area contributed by atoms with E-state index in [4.69, 9.17) is 41.2 Å². The van der Waals surface area contributed by atoms with Crippen LogP contribution in [0, 0.1) is 13.8 Å². The third-order valence-electron chi connectivity index (χ3n) is 4.19. The highest BCUT2D eigenvalue weighted by Gasteiger charge is 2.13. The van der Waals surface area contributed by atoms with Gasteiger partial charge in [-0.25, -0.2) is 0 Å². The predicted octanol–water partition coefficient (Wildman–Crippen LogP) is 4.84. The van der Waals surface area contributed by atoms with Crippen molar-refractivity contribution in [2.24, 2.45) is 0 Å². The number of halogens is 2. The quantitative estimate of drug-likeness (QED) is 0.361. The number of anilines is 3. The maximum Gasteiger partial charge on any atom is 0.258 e. The Morgan fingerprint density at radius 3 is 2.42 bits per heavy atom. The van der Waals surface area contributed by atoms with E-state index < -0.39 is 0 Å². The lowest BCUT2D eigenvalue weighted by Gasteiger charge is -2.16. The summed E-state index contributed by atoms with van der Waals surface area (Å²) in [5.74, 6) is 0. The number of benzene rings is 2. The second-order valence-corrected chi connectivity index (χ2v) is 7.05. The van der Waals surface area contributed by atoms with Crippen LogP contribution in [-0.4, -0.2) is 10.1 Å². The summed E-state index contributed by atoms with van der Waals surface area (Å²) < 4.78 is 0. The average Bonchev–Trinajstić information content (AvgIpc) is 2.58. The molecule has 5 nitrogen and oxygen atoms in total. The summed E-state index contributed by atoms with van der Waals surface area (Å²) in [4.78, 5) is 15.2. The molecule has 0 bridgehead atoms. The highest BCUT2D eigenvalue weighted by atomic mass is 35.5. The molecule has 0 atom stereocenters. The van der Waals surface area contributed by atoms with Gasteiger partial charge in [0.2, 0.25) is 0 Å². The average molecular weight is 407 g/mol. The molecule has 0 aliphatic carbocycles. The number of aryl methyl sites for hydroxylation is 2. The molecule has 2 aromatic carbocycles. The molecule has 8 heteroatoms. The standard InChI is InChI=1S/C18H16Cl2N4OS/c1-8-9(2)22-17(25)14-10(8)6-7-13(15(14)21)23-18(26)24-16-11(19)4-3-5-12(16)20/h3-7H,21H2,1-2H3,(H,22,25)(H2,23,24,26). The SMILES string of the molecule is Cc1[nH]c(=O)c2c(N)c(NC(=S)Nc3c(Cl)cccc3Cl)ccc2c1C. The summed E-state index contributed by atoms with van der Waals surface area (Å²) in [7, 11) is 0. The number of thiocarbonyl (C=S) groups is 1. The molecule has 0 saturated heterocycles. The van der Waals surface area contributed by atoms with Gasteiger partial charge >= 0.3 is 0 Å². The van der Waals surface area contributed by atoms with Crippen LogP contribution in [0.1, 0.15) is 11.3 Å². The Labute approximate surface area is 165 Å². The second-order valence-electron chi connectivity index (χ2n) is 5.83. The largest absolute Gasteiger partial charge is 0.396 e. The number of para-hydroxylation sites is 1. The summed E-state index contributed by atoms with van der Waals surface area (Å²) in [6, 6.07) is 8.77. The fraction of sp³-hybridized carbons (Fsp3) is 0.111. The van der Waals surface area contributed by atoms with E-state index in [1.54, 1.807) is 24.3 Å². The molecule has 1 aromatic heterocycles. The second kappa shape index (κ2) is 7.15. The van der Waals surface area contributed by atoms with Gasteiger partial charge in [0.25, 0.3) is 5.56 Å². The van der Waals surface area contributed by atoms with Gasteiger partial charge in [-0.3, -0.25) is 4.79 Å². The predicted molar refractivity (Wildman–Crippen MR) is 115 cm³/mol. The number of aromatic amines is 1. The number of pyridine rings is 1. The Hall–Kier alpha value is -2.28. The summed E-state index contributed by atoms with van der Waals surface area (Å²) in [6.07, 6.45) is 0. The first kappa shape index (κ1) is 18.5. The molecular formula is C18H16Cl2N4OS. The number of nitrogen functional groups attached to an aromatic ring is 1. The van der Waals surface area contributed by atoms with Crippen LogP contribution < -0.4 is 21.9 Å². The van der Waals surface area contributed by atoms with Crippen molar-refractivity contribution in [2.45, 2.75) is 13.8 Å². The fourth-order valence-corrected chi connectivity index (χ4v) is 3.40. The molecule has 3 rings (SSSR count). The topological polar surface area (TPSA) is 82.9 Å². The Bertz CT molecular complexity index is 1070. The molecule has 0 radical (unpaired) electrons. The number of H-pyrrole nitrogens is 1. The monoisotopic (exact) mass is 406 g/mol. The molecule has 0 aliphatic rings. The number of nitrogens with one attached hydrogen (secondary N) is 3. The summed E-state index contributed by atoms with van der Waals surface area (Å²) in [6.45, 7) is 3.79. The minimum Gasteiger partial charge on any atom is -0.396 e. The van der Waals surface area contributed by atoms with Gasteiger partial charge in [0.05, 0.1) is 32.5 Å². The maximum atomic E-state index is 12.3. The van der Waals surface area contributed by atoms with Crippen LogP contribution in [0.2, 0.25) is 10.0 Å². The van der Waals surface area contributed by atoms with E-state index in [0.717, 1.165) is 16.6 Å². The molecule has 3 aromatic rings. The first-order valence-corrected chi connectivity index (χ1v) is 8.89. The molecule has 0 fully saturated rings. The van der Waals surface area contributed by atoms with Gasteiger partial charge in [-0.1, -0.05) is 35.3 Å². The lowest BCUT2D eigenvalue weighted by Crippen LogP contribution is -2.21. The normalized spacial score (nSPS) is 10.8. The smallest absolute Gasteiger partial charge is 0.258 e. The number of rotatable bonds is 2.